The number of aliphatic hydroxyl groups excluding tert-OH is 1. The number of hydrogen-bond acceptors (Lipinski definition) is 21. The van der Waals surface area contributed by atoms with Crippen molar-refractivity contribution in [3.05, 3.63) is 29.3 Å². The number of likely N-dealkylation sites (tertiary alicyclic amines) is 1. The zero-order valence-corrected chi connectivity index (χ0v) is 50.0. The molecule has 6 heterocycles. The number of halogens is 1. The average Bonchev–Trinajstić information content (AvgIpc) is 1.79. The van der Waals surface area contributed by atoms with Crippen molar-refractivity contribution in [3.8, 4) is 0 Å². The van der Waals surface area contributed by atoms with Crippen LogP contribution < -0.4 is 36.8 Å². The number of aryl methyl sites for hydroxylation is 1. The summed E-state index contributed by atoms with van der Waals surface area (Å²) >= 11 is -3.93. The van der Waals surface area contributed by atoms with Gasteiger partial charge in [-0.2, -0.15) is 0 Å². The second-order valence-electron chi connectivity index (χ2n) is 22.8. The van der Waals surface area contributed by atoms with Gasteiger partial charge < -0.3 is 72.7 Å². The number of cyclic esters (lactones) is 1. The van der Waals surface area contributed by atoms with Crippen LogP contribution in [0.3, 0.4) is 0 Å². The van der Waals surface area contributed by atoms with Crippen LogP contribution in [0, 0.1) is 11.8 Å². The maximum Gasteiger partial charge on any atom is 1.15 e. The molecule has 0 radical (unpaired) electrons. The summed E-state index contributed by atoms with van der Waals surface area (Å²) in [6, 6.07) is -1.79. The number of anilines is 1. The van der Waals surface area contributed by atoms with Gasteiger partial charge >= 0.3 is 33.2 Å². The Labute approximate surface area is 506 Å². The third-order valence-corrected chi connectivity index (χ3v) is 17.3. The fraction of sp³-hybridized carbons (Fsp3) is 0.673. The summed E-state index contributed by atoms with van der Waals surface area (Å²) in [4.78, 5) is 165. The number of carbonyl (C=O) groups excluding carboxylic acids is 10. The second-order valence-corrected chi connectivity index (χ2v) is 23.8. The Morgan fingerprint density at radius 2 is 1.36 bits per heavy atom. The maximum absolute atomic E-state index is 14.3. The fourth-order valence-corrected chi connectivity index (χ4v) is 12.1. The molecule has 30 nitrogen and oxygen atoms in total. The number of para-hydroxylation sites is 1. The minimum Gasteiger partial charge on any atom is -0.558 e. The van der Waals surface area contributed by atoms with E-state index in [0.29, 0.717) is 90.3 Å². The first-order valence-corrected chi connectivity index (χ1v) is 30.9. The Morgan fingerprint density at radius 3 is 1.97 bits per heavy atom. The van der Waals surface area contributed by atoms with Gasteiger partial charge in [0.15, 0.2) is 0 Å². The molecule has 1 aromatic carbocycles. The molecule has 0 saturated carbocycles. The summed E-state index contributed by atoms with van der Waals surface area (Å²) in [5.41, 5.74) is 2.06. The van der Waals surface area contributed by atoms with Crippen LogP contribution >= 0.6 is 0 Å². The average molecular weight is 1240 g/mol. The zero-order chi connectivity index (χ0) is 62.9. The topological polar surface area (TPSA) is 391 Å². The van der Waals surface area contributed by atoms with E-state index in [0.717, 1.165) is 11.1 Å². The molecular formula is C55H79AlFN11O19. The number of fused-ring (bicyclic) bond motifs is 3. The lowest BCUT2D eigenvalue weighted by molar-refractivity contribution is -0.155. The van der Waals surface area contributed by atoms with E-state index in [4.69, 9.17) is 17.1 Å². The van der Waals surface area contributed by atoms with E-state index in [2.05, 4.69) is 36.8 Å². The lowest BCUT2D eigenvalue weighted by atomic mass is 9.96. The number of carboxylic acids is 2. The minimum atomic E-state index is -3.93. The number of carbonyl (C=O) groups is 12. The number of nitrogens with zero attached hydrogens (tertiary/aromatic N) is 5. The number of aliphatic carboxylic acids is 2. The SMILES string of the molecule is CC[C@H](C)[C@H](NC(=O)COCCNC(=O)[C@@H](CCC(=O)O)NC(=O)[C@@H](CCC(=O)O)NC(=O)CN1CCC(CN2CCN3CCN(CC2)CC(=O)[O][Al]([F])[O]C(=O)C3)CC1)C(=O)N[C@H]1CCc2cccc3c2N(C1=O)[C@H](C(=O)NC1CC(=O)OC1O)C3. The molecule has 0 aromatic heterocycles. The number of benzene rings is 1. The highest BCUT2D eigenvalue weighted by atomic mass is 27.3. The number of esters is 1. The molecule has 0 aliphatic carbocycles. The van der Waals surface area contributed by atoms with Gasteiger partial charge in [0.05, 0.1) is 38.3 Å². The lowest BCUT2D eigenvalue weighted by Gasteiger charge is -2.35. The van der Waals surface area contributed by atoms with Crippen molar-refractivity contribution < 1.29 is 93.4 Å². The molecule has 87 heavy (non-hydrogen) atoms. The van der Waals surface area contributed by atoms with Gasteiger partial charge in [-0.25, -0.2) is 0 Å². The summed E-state index contributed by atoms with van der Waals surface area (Å²) < 4.78 is 33.9. The van der Waals surface area contributed by atoms with Gasteiger partial charge in [-0.05, 0) is 74.6 Å². The lowest BCUT2D eigenvalue weighted by Crippen LogP contribution is -2.59. The third-order valence-electron chi connectivity index (χ3n) is 16.4. The summed E-state index contributed by atoms with van der Waals surface area (Å²) in [7, 11) is 0. The summed E-state index contributed by atoms with van der Waals surface area (Å²) in [6.45, 7) is 6.99. The van der Waals surface area contributed by atoms with Crippen LogP contribution in [0.15, 0.2) is 18.2 Å². The molecule has 0 spiro atoms. The summed E-state index contributed by atoms with van der Waals surface area (Å²) in [5.74, 6) is -9.93. The number of rotatable bonds is 26. The van der Waals surface area contributed by atoms with Gasteiger partial charge in [-0.1, -0.05) is 38.5 Å². The molecule has 7 amide bonds. The van der Waals surface area contributed by atoms with Crippen LogP contribution in [0.4, 0.5) is 9.21 Å². The number of carboxylic acid groups (broad SMARTS) is 2. The van der Waals surface area contributed by atoms with E-state index >= 15 is 0 Å². The monoisotopic (exact) mass is 1240 g/mol. The van der Waals surface area contributed by atoms with Gasteiger partial charge in [-0.3, -0.25) is 77.1 Å². The summed E-state index contributed by atoms with van der Waals surface area (Å²) in [6.07, 6.45) is -1.11. The number of hydrogen-bond donors (Lipinski definition) is 9. The molecule has 2 bridgehead atoms. The molecule has 478 valence electrons. The highest BCUT2D eigenvalue weighted by Gasteiger charge is 2.47. The Kier molecular flexibility index (Phi) is 25.1. The van der Waals surface area contributed by atoms with E-state index < -0.39 is 154 Å². The first-order valence-electron chi connectivity index (χ1n) is 29.6. The number of piperidine rings is 1. The van der Waals surface area contributed by atoms with E-state index in [1.165, 1.54) is 4.90 Å². The summed E-state index contributed by atoms with van der Waals surface area (Å²) in [5, 5.41) is 44.7. The molecule has 4 saturated heterocycles. The number of nitrogens with one attached hydrogen (secondary N) is 6. The van der Waals surface area contributed by atoms with Gasteiger partial charge in [-0.15, -0.1) is 0 Å². The molecular weight excluding hydrogens is 1160 g/mol. The Hall–Kier alpha value is -6.92. The highest BCUT2D eigenvalue weighted by molar-refractivity contribution is 6.41. The molecule has 6 aliphatic rings. The Balaban J connectivity index is 0.858. The number of aliphatic hydroxyl groups is 1. The smallest absolute Gasteiger partial charge is 0.558 e. The van der Waals surface area contributed by atoms with Crippen molar-refractivity contribution in [1.29, 1.82) is 0 Å². The normalized spacial score (nSPS) is 24.3. The third kappa shape index (κ3) is 20.1. The van der Waals surface area contributed by atoms with Crippen LogP contribution in [0.1, 0.15) is 82.8 Å². The van der Waals surface area contributed by atoms with Crippen molar-refractivity contribution in [2.24, 2.45) is 11.8 Å². The first-order chi connectivity index (χ1) is 41.5. The fourth-order valence-electron chi connectivity index (χ4n) is 11.5. The van der Waals surface area contributed by atoms with Crippen molar-refractivity contribution in [1.82, 2.24) is 51.5 Å². The molecule has 7 rings (SSSR count). The van der Waals surface area contributed by atoms with Gasteiger partial charge in [0.1, 0.15) is 42.9 Å². The quantitative estimate of drug-likeness (QED) is 0.0244. The Morgan fingerprint density at radius 1 is 0.736 bits per heavy atom. The molecule has 9 N–H and O–H groups in total. The minimum absolute atomic E-state index is 0.129. The Bertz CT molecular complexity index is 2670. The second kappa shape index (κ2) is 32.4. The van der Waals surface area contributed by atoms with Crippen molar-refractivity contribution in [2.75, 3.05) is 103 Å². The molecule has 10 atom stereocenters. The van der Waals surface area contributed by atoms with E-state index in [-0.39, 0.29) is 70.8 Å². The molecule has 1 aromatic rings. The molecule has 4 unspecified atom stereocenters. The molecule has 6 aliphatic heterocycles. The number of ether oxygens (including phenoxy) is 2. The van der Waals surface area contributed by atoms with Crippen LogP contribution in [-0.4, -0.2) is 262 Å². The van der Waals surface area contributed by atoms with E-state index in [1.807, 2.05) is 26.8 Å². The van der Waals surface area contributed by atoms with Crippen molar-refractivity contribution in [2.45, 2.75) is 127 Å². The predicted octanol–water partition coefficient (Wildman–Crippen LogP) is -3.83. The van der Waals surface area contributed by atoms with Crippen LogP contribution in [0.25, 0.3) is 0 Å². The largest absolute Gasteiger partial charge is 1.15 e. The van der Waals surface area contributed by atoms with E-state index in [1.54, 1.807) is 19.9 Å². The predicted molar refractivity (Wildman–Crippen MR) is 301 cm³/mol. The zero-order valence-electron chi connectivity index (χ0n) is 48.9. The van der Waals surface area contributed by atoms with E-state index in [9.17, 15) is 76.4 Å². The van der Waals surface area contributed by atoms with Crippen LogP contribution in [0.5, 0.6) is 0 Å². The van der Waals surface area contributed by atoms with Crippen molar-refractivity contribution in [3.63, 3.8) is 0 Å². The van der Waals surface area contributed by atoms with Gasteiger partial charge in [0, 0.05) is 71.6 Å². The maximum atomic E-state index is 14.3. The van der Waals surface area contributed by atoms with Crippen LogP contribution in [0.2, 0.25) is 0 Å². The first kappa shape index (κ1) is 67.6. The standard InChI is InChI=1S/C55H81N11O19.Al.FH/c1-3-32(2)48(53(81)59-38-8-7-34-5-4-6-35-25-40(66(49(34)35)54(38)82)52(80)60-39-26-47(77)85-55(39)83)61-42(68)31-84-24-15-56-50(78)36(9-11-43(69)70)58-51(79)37(10-12-44(71)72)57-41(67)28-62-16-13-33(14-17-62)27-63-18-20-64(29-45(73)74)22-23-65(21-19-63)30-46(75)76;;/h4-6,32-33,36-40,48,55,83H,3,7-31H2,1-2H3,(H,56,78)(H,57,67)(H,58,79)(H,59,81)(H,60,80)(H,61,68)(H,69,70)(H,71,72)(H,73,74)(H,75,76);;1H/q;+3;/p-3/t32-,36+,37+,38-,39?,40-,48-,55?;;/m0../s1. The van der Waals surface area contributed by atoms with Crippen LogP contribution in [-0.2, 0) is 87.4 Å². The molecule has 4 fully saturated rings. The van der Waals surface area contributed by atoms with Crippen molar-refractivity contribution >= 4 is 92.2 Å². The number of amides is 7. The molecule has 32 heteroatoms. The highest BCUT2D eigenvalue weighted by Crippen LogP contribution is 2.39. The van der Waals surface area contributed by atoms with Gasteiger partial charge in [0.2, 0.25) is 47.6 Å². The van der Waals surface area contributed by atoms with Gasteiger partial charge in [0.25, 0.3) is 11.9 Å².